The van der Waals surface area contributed by atoms with Crippen LogP contribution in [0, 0.1) is 10.8 Å². The van der Waals surface area contributed by atoms with Crippen molar-refractivity contribution < 1.29 is 8.42 Å². The number of nitrogens with zero attached hydrogens (tertiary/aromatic N) is 1. The molecule has 0 aromatic rings. The molecule has 0 heterocycles. The smallest absolute Gasteiger partial charge is 0.214 e. The van der Waals surface area contributed by atoms with Gasteiger partial charge in [0.05, 0.1) is 5.75 Å². The van der Waals surface area contributed by atoms with Crippen LogP contribution < -0.4 is 5.73 Å². The summed E-state index contributed by atoms with van der Waals surface area (Å²) in [7, 11) is -3.18. The fraction of sp³-hybridized carbons (Fsp3) is 1.00. The third-order valence-electron chi connectivity index (χ3n) is 3.13. The third kappa shape index (κ3) is 7.90. The Bertz CT molecular complexity index is 356. The van der Waals surface area contributed by atoms with Crippen LogP contribution in [0.15, 0.2) is 0 Å². The molecule has 0 aromatic carbocycles. The molecule has 0 aliphatic carbocycles. The molecule has 0 atom stereocenters. The highest BCUT2D eigenvalue weighted by molar-refractivity contribution is 7.89. The molecule has 116 valence electrons. The van der Waals surface area contributed by atoms with E-state index in [0.29, 0.717) is 26.1 Å². The van der Waals surface area contributed by atoms with Gasteiger partial charge in [-0.3, -0.25) is 0 Å². The minimum Gasteiger partial charge on any atom is -0.330 e. The quantitative estimate of drug-likeness (QED) is 0.747. The molecule has 0 rings (SSSR count). The summed E-state index contributed by atoms with van der Waals surface area (Å²) in [6, 6.07) is 0. The number of hydrogen-bond acceptors (Lipinski definition) is 3. The first-order valence-corrected chi connectivity index (χ1v) is 8.72. The van der Waals surface area contributed by atoms with E-state index in [1.54, 1.807) is 4.31 Å². The highest BCUT2D eigenvalue weighted by Crippen LogP contribution is 2.23. The van der Waals surface area contributed by atoms with Crippen molar-refractivity contribution in [3.05, 3.63) is 0 Å². The molecule has 2 N–H and O–H groups in total. The van der Waals surface area contributed by atoms with Gasteiger partial charge in [0.25, 0.3) is 0 Å². The minimum atomic E-state index is -3.18. The highest BCUT2D eigenvalue weighted by Gasteiger charge is 2.29. The first-order chi connectivity index (χ1) is 8.43. The second-order valence-corrected chi connectivity index (χ2v) is 9.42. The van der Waals surface area contributed by atoms with E-state index >= 15 is 0 Å². The van der Waals surface area contributed by atoms with E-state index in [1.165, 1.54) is 0 Å². The molecule has 0 aliphatic heterocycles. The fourth-order valence-corrected chi connectivity index (χ4v) is 3.81. The molecule has 0 aliphatic rings. The van der Waals surface area contributed by atoms with Crippen LogP contribution >= 0.6 is 0 Å². The summed E-state index contributed by atoms with van der Waals surface area (Å²) in [6.45, 7) is 13.8. The van der Waals surface area contributed by atoms with Crippen LogP contribution in [0.1, 0.15) is 54.4 Å². The van der Waals surface area contributed by atoms with Gasteiger partial charge in [0.2, 0.25) is 10.0 Å². The Morgan fingerprint density at radius 3 is 2.00 bits per heavy atom. The van der Waals surface area contributed by atoms with Gasteiger partial charge in [0.15, 0.2) is 0 Å². The van der Waals surface area contributed by atoms with Crippen molar-refractivity contribution in [2.24, 2.45) is 16.6 Å². The fourth-order valence-electron chi connectivity index (χ4n) is 1.67. The van der Waals surface area contributed by atoms with Crippen molar-refractivity contribution in [3.8, 4) is 0 Å². The van der Waals surface area contributed by atoms with Crippen molar-refractivity contribution in [3.63, 3.8) is 0 Å². The Morgan fingerprint density at radius 2 is 1.63 bits per heavy atom. The summed E-state index contributed by atoms with van der Waals surface area (Å²) >= 11 is 0. The van der Waals surface area contributed by atoms with Crippen molar-refractivity contribution >= 4 is 10.0 Å². The standard InChI is InChI=1S/C14H32N2O2S/c1-7-9-16(12-14(5,6)11-15)19(17,18)10-8-13(2,3)4/h7-12,15H2,1-6H3. The van der Waals surface area contributed by atoms with Crippen LogP contribution in [0.3, 0.4) is 0 Å². The van der Waals surface area contributed by atoms with E-state index in [2.05, 4.69) is 20.8 Å². The molecule has 0 unspecified atom stereocenters. The molecule has 19 heavy (non-hydrogen) atoms. The molecule has 4 nitrogen and oxygen atoms in total. The topological polar surface area (TPSA) is 63.4 Å². The Hall–Kier alpha value is -0.130. The summed E-state index contributed by atoms with van der Waals surface area (Å²) in [6.07, 6.45) is 1.51. The molecule has 0 saturated heterocycles. The summed E-state index contributed by atoms with van der Waals surface area (Å²) < 4.78 is 26.5. The second kappa shape index (κ2) is 7.04. The van der Waals surface area contributed by atoms with Gasteiger partial charge in [-0.2, -0.15) is 0 Å². The van der Waals surface area contributed by atoms with Crippen LogP contribution in [0.4, 0.5) is 0 Å². The van der Waals surface area contributed by atoms with Crippen molar-refractivity contribution in [2.75, 3.05) is 25.4 Å². The van der Waals surface area contributed by atoms with Gasteiger partial charge in [-0.25, -0.2) is 12.7 Å². The van der Waals surface area contributed by atoms with Crippen LogP contribution in [0.2, 0.25) is 0 Å². The zero-order chi connectivity index (χ0) is 15.3. The predicted octanol–water partition coefficient (Wildman–Crippen LogP) is 2.45. The highest BCUT2D eigenvalue weighted by atomic mass is 32.2. The summed E-state index contributed by atoms with van der Waals surface area (Å²) in [4.78, 5) is 0. The molecule has 0 fully saturated rings. The SMILES string of the molecule is CCCN(CC(C)(C)CN)S(=O)(=O)CCC(C)(C)C. The Morgan fingerprint density at radius 1 is 1.11 bits per heavy atom. The minimum absolute atomic E-state index is 0.0361. The van der Waals surface area contributed by atoms with Crippen LogP contribution in [-0.4, -0.2) is 38.1 Å². The van der Waals surface area contributed by atoms with Crippen molar-refractivity contribution in [2.45, 2.75) is 54.4 Å². The van der Waals surface area contributed by atoms with Gasteiger partial charge < -0.3 is 5.73 Å². The van der Waals surface area contributed by atoms with Crippen molar-refractivity contribution in [1.82, 2.24) is 4.31 Å². The average molecular weight is 292 g/mol. The maximum Gasteiger partial charge on any atom is 0.214 e. The number of nitrogens with two attached hydrogens (primary N) is 1. The molecule has 5 heteroatoms. The normalized spacial score (nSPS) is 14.1. The molecular formula is C14H32N2O2S. The van der Waals surface area contributed by atoms with E-state index in [-0.39, 0.29) is 16.6 Å². The van der Waals surface area contributed by atoms with E-state index in [1.807, 2.05) is 20.8 Å². The second-order valence-electron chi connectivity index (χ2n) is 7.33. The zero-order valence-corrected chi connectivity index (χ0v) is 14.3. The maximum atomic E-state index is 12.4. The van der Waals surface area contributed by atoms with Crippen LogP contribution in [-0.2, 0) is 10.0 Å². The Labute approximate surface area is 119 Å². The Balaban J connectivity index is 4.86. The Kier molecular flexibility index (Phi) is 7.00. The van der Waals surface area contributed by atoms with E-state index in [4.69, 9.17) is 5.73 Å². The van der Waals surface area contributed by atoms with Gasteiger partial charge in [-0.05, 0) is 30.2 Å². The first-order valence-electron chi connectivity index (χ1n) is 7.11. The molecular weight excluding hydrogens is 260 g/mol. The number of rotatable bonds is 8. The average Bonchev–Trinajstić information content (AvgIpc) is 2.25. The van der Waals surface area contributed by atoms with Crippen molar-refractivity contribution in [1.29, 1.82) is 0 Å². The van der Waals surface area contributed by atoms with Crippen LogP contribution in [0.25, 0.3) is 0 Å². The van der Waals surface area contributed by atoms with E-state index in [9.17, 15) is 8.42 Å². The molecule has 0 saturated carbocycles. The lowest BCUT2D eigenvalue weighted by Gasteiger charge is -2.31. The summed E-state index contributed by atoms with van der Waals surface area (Å²) in [5.41, 5.74) is 5.58. The summed E-state index contributed by atoms with van der Waals surface area (Å²) in [5.74, 6) is 0.219. The molecule has 0 spiro atoms. The lowest BCUT2D eigenvalue weighted by molar-refractivity contribution is 0.265. The lowest BCUT2D eigenvalue weighted by atomic mass is 9.94. The van der Waals surface area contributed by atoms with E-state index in [0.717, 1.165) is 6.42 Å². The van der Waals surface area contributed by atoms with Gasteiger partial charge >= 0.3 is 0 Å². The van der Waals surface area contributed by atoms with Gasteiger partial charge in [-0.15, -0.1) is 0 Å². The van der Waals surface area contributed by atoms with Gasteiger partial charge in [-0.1, -0.05) is 41.5 Å². The van der Waals surface area contributed by atoms with Crippen LogP contribution in [0.5, 0.6) is 0 Å². The molecule has 0 bridgehead atoms. The van der Waals surface area contributed by atoms with Gasteiger partial charge in [0, 0.05) is 13.1 Å². The monoisotopic (exact) mass is 292 g/mol. The molecule has 0 amide bonds. The lowest BCUT2D eigenvalue weighted by Crippen LogP contribution is -2.43. The third-order valence-corrected chi connectivity index (χ3v) is 4.95. The largest absolute Gasteiger partial charge is 0.330 e. The van der Waals surface area contributed by atoms with E-state index < -0.39 is 10.0 Å². The first kappa shape index (κ1) is 18.9. The van der Waals surface area contributed by atoms with Gasteiger partial charge in [0.1, 0.15) is 0 Å². The predicted molar refractivity (Wildman–Crippen MR) is 82.6 cm³/mol. The number of sulfonamides is 1. The molecule has 0 aromatic heterocycles. The zero-order valence-electron chi connectivity index (χ0n) is 13.5. The summed E-state index contributed by atoms with van der Waals surface area (Å²) in [5, 5.41) is 0. The number of hydrogen-bond donors (Lipinski definition) is 1. The molecule has 0 radical (unpaired) electrons. The maximum absolute atomic E-state index is 12.4.